The molecule has 2 N–H and O–H groups in total. The highest BCUT2D eigenvalue weighted by atomic mass is 32.1. The van der Waals surface area contributed by atoms with Crippen molar-refractivity contribution in [1.29, 1.82) is 0 Å². The molecule has 2 aromatic rings. The van der Waals surface area contributed by atoms with Gasteiger partial charge in [0.2, 0.25) is 0 Å². The minimum absolute atomic E-state index is 0.917. The first-order chi connectivity index (χ1) is 6.70. The molecule has 14 heavy (non-hydrogen) atoms. The third-order valence-electron chi connectivity index (χ3n) is 1.96. The summed E-state index contributed by atoms with van der Waals surface area (Å²) in [6, 6.07) is 0. The Hall–Kier alpha value is -1.36. The molecule has 0 aliphatic heterocycles. The molecule has 2 heterocycles. The highest BCUT2D eigenvalue weighted by molar-refractivity contribution is 7.14. The molecule has 2 rings (SSSR count). The maximum atomic E-state index is 4.40. The molecule has 0 aliphatic rings. The second kappa shape index (κ2) is 3.42. The van der Waals surface area contributed by atoms with Crippen LogP contribution in [-0.4, -0.2) is 22.0 Å². The number of H-pyrrole nitrogens is 1. The Morgan fingerprint density at radius 3 is 2.64 bits per heavy atom. The van der Waals surface area contributed by atoms with Crippen LogP contribution in [0.15, 0.2) is 5.38 Å². The number of aromatic nitrogens is 3. The summed E-state index contributed by atoms with van der Waals surface area (Å²) in [5, 5.41) is 5.94. The maximum absolute atomic E-state index is 4.40. The van der Waals surface area contributed by atoms with E-state index >= 15 is 0 Å². The number of aryl methyl sites for hydroxylation is 2. The topological polar surface area (TPSA) is 53.6 Å². The first-order valence-corrected chi connectivity index (χ1v) is 5.25. The fourth-order valence-corrected chi connectivity index (χ4v) is 2.01. The highest BCUT2D eigenvalue weighted by Gasteiger charge is 2.09. The van der Waals surface area contributed by atoms with Crippen LogP contribution in [0.1, 0.15) is 11.5 Å². The third-order valence-corrected chi connectivity index (χ3v) is 2.82. The molecule has 0 atom stereocenters. The van der Waals surface area contributed by atoms with Crippen molar-refractivity contribution in [3.8, 4) is 11.4 Å². The number of hydrogen-bond donors (Lipinski definition) is 2. The van der Waals surface area contributed by atoms with E-state index in [0.717, 1.165) is 28.0 Å². The molecule has 0 fully saturated rings. The maximum Gasteiger partial charge on any atom is 0.183 e. The van der Waals surface area contributed by atoms with Crippen molar-refractivity contribution < 1.29 is 0 Å². The molecule has 74 valence electrons. The molecule has 5 heteroatoms. The van der Waals surface area contributed by atoms with Crippen LogP contribution < -0.4 is 5.32 Å². The summed E-state index contributed by atoms with van der Waals surface area (Å²) < 4.78 is 0. The standard InChI is InChI=1S/C9H12N4S/c1-5-8(12-6(2)11-5)7-4-14-9(10-3)13-7/h4H,1-3H3,(H,10,13)(H,11,12). The second-order valence-corrected chi connectivity index (χ2v) is 3.94. The number of nitrogens with zero attached hydrogens (tertiary/aromatic N) is 2. The van der Waals surface area contributed by atoms with E-state index in [-0.39, 0.29) is 0 Å². The fourth-order valence-electron chi connectivity index (χ4n) is 1.36. The number of hydrogen-bond acceptors (Lipinski definition) is 4. The molecule has 0 saturated heterocycles. The Labute approximate surface area is 86.4 Å². The zero-order valence-electron chi connectivity index (χ0n) is 8.38. The van der Waals surface area contributed by atoms with E-state index in [9.17, 15) is 0 Å². The lowest BCUT2D eigenvalue weighted by molar-refractivity contribution is 1.13. The number of nitrogens with one attached hydrogen (secondary N) is 2. The van der Waals surface area contributed by atoms with Crippen LogP contribution in [0.2, 0.25) is 0 Å². The zero-order chi connectivity index (χ0) is 10.1. The molecule has 4 nitrogen and oxygen atoms in total. The fraction of sp³-hybridized carbons (Fsp3) is 0.333. The van der Waals surface area contributed by atoms with Crippen LogP contribution in [0.3, 0.4) is 0 Å². The number of thiazole rings is 1. The van der Waals surface area contributed by atoms with Gasteiger partial charge in [0, 0.05) is 18.1 Å². The van der Waals surface area contributed by atoms with Gasteiger partial charge in [0.1, 0.15) is 17.2 Å². The Kier molecular flexibility index (Phi) is 2.25. The van der Waals surface area contributed by atoms with Gasteiger partial charge in [0.05, 0.1) is 0 Å². The Bertz CT molecular complexity index is 443. The van der Waals surface area contributed by atoms with Gasteiger partial charge in [-0.2, -0.15) is 0 Å². The zero-order valence-corrected chi connectivity index (χ0v) is 9.20. The smallest absolute Gasteiger partial charge is 0.183 e. The van der Waals surface area contributed by atoms with Crippen LogP contribution in [0, 0.1) is 13.8 Å². The Morgan fingerprint density at radius 2 is 2.14 bits per heavy atom. The van der Waals surface area contributed by atoms with E-state index in [0.29, 0.717) is 0 Å². The van der Waals surface area contributed by atoms with Gasteiger partial charge in [-0.05, 0) is 13.8 Å². The highest BCUT2D eigenvalue weighted by Crippen LogP contribution is 2.25. The number of rotatable bonds is 2. The first-order valence-electron chi connectivity index (χ1n) is 4.37. The molecular weight excluding hydrogens is 196 g/mol. The Balaban J connectivity index is 2.43. The van der Waals surface area contributed by atoms with Crippen molar-refractivity contribution in [2.24, 2.45) is 0 Å². The number of aromatic amines is 1. The molecule has 2 aromatic heterocycles. The molecule has 0 saturated carbocycles. The third kappa shape index (κ3) is 1.50. The van der Waals surface area contributed by atoms with E-state index in [1.54, 1.807) is 11.3 Å². The summed E-state index contributed by atoms with van der Waals surface area (Å²) in [6.45, 7) is 3.95. The van der Waals surface area contributed by atoms with Gasteiger partial charge in [0.15, 0.2) is 5.13 Å². The second-order valence-electron chi connectivity index (χ2n) is 3.08. The lowest BCUT2D eigenvalue weighted by atomic mass is 10.3. The summed E-state index contributed by atoms with van der Waals surface area (Å²) in [5.74, 6) is 0.927. The molecule has 0 radical (unpaired) electrons. The van der Waals surface area contributed by atoms with Crippen LogP contribution in [0.4, 0.5) is 5.13 Å². The molecule has 0 spiro atoms. The van der Waals surface area contributed by atoms with E-state index < -0.39 is 0 Å². The predicted molar refractivity (Wildman–Crippen MR) is 58.7 cm³/mol. The molecular formula is C9H12N4S. The van der Waals surface area contributed by atoms with E-state index in [2.05, 4.69) is 20.3 Å². The van der Waals surface area contributed by atoms with Crippen molar-refractivity contribution in [2.45, 2.75) is 13.8 Å². The van der Waals surface area contributed by atoms with Crippen molar-refractivity contribution in [1.82, 2.24) is 15.0 Å². The normalized spacial score (nSPS) is 10.5. The molecule has 0 aliphatic carbocycles. The van der Waals surface area contributed by atoms with E-state index in [1.165, 1.54) is 0 Å². The van der Waals surface area contributed by atoms with Crippen LogP contribution in [0.5, 0.6) is 0 Å². The first kappa shape index (κ1) is 9.21. The predicted octanol–water partition coefficient (Wildman–Crippen LogP) is 2.19. The summed E-state index contributed by atoms with van der Waals surface area (Å²) in [7, 11) is 1.87. The van der Waals surface area contributed by atoms with Crippen LogP contribution >= 0.6 is 11.3 Å². The van der Waals surface area contributed by atoms with Gasteiger partial charge < -0.3 is 10.3 Å². The molecule has 0 bridgehead atoms. The monoisotopic (exact) mass is 208 g/mol. The summed E-state index contributed by atoms with van der Waals surface area (Å²) in [5.41, 5.74) is 2.94. The van der Waals surface area contributed by atoms with Gasteiger partial charge in [-0.1, -0.05) is 0 Å². The SMILES string of the molecule is CNc1nc(-c2nc(C)[nH]c2C)cs1. The quantitative estimate of drug-likeness (QED) is 0.795. The van der Waals surface area contributed by atoms with Crippen molar-refractivity contribution in [3.63, 3.8) is 0 Å². The summed E-state index contributed by atoms with van der Waals surface area (Å²) in [4.78, 5) is 12.0. The number of imidazole rings is 1. The lowest BCUT2D eigenvalue weighted by Gasteiger charge is -1.91. The largest absolute Gasteiger partial charge is 0.365 e. The minimum atomic E-state index is 0.917. The van der Waals surface area contributed by atoms with Gasteiger partial charge in [-0.15, -0.1) is 11.3 Å². The summed E-state index contributed by atoms with van der Waals surface area (Å²) >= 11 is 1.59. The lowest BCUT2D eigenvalue weighted by Crippen LogP contribution is -1.87. The Morgan fingerprint density at radius 1 is 1.36 bits per heavy atom. The average Bonchev–Trinajstić information content (AvgIpc) is 2.71. The van der Waals surface area contributed by atoms with E-state index in [4.69, 9.17) is 0 Å². The van der Waals surface area contributed by atoms with Crippen LogP contribution in [0.25, 0.3) is 11.4 Å². The molecule has 0 amide bonds. The van der Waals surface area contributed by atoms with Gasteiger partial charge >= 0.3 is 0 Å². The van der Waals surface area contributed by atoms with Crippen molar-refractivity contribution >= 4 is 16.5 Å². The summed E-state index contributed by atoms with van der Waals surface area (Å²) in [6.07, 6.45) is 0. The van der Waals surface area contributed by atoms with Crippen molar-refractivity contribution in [3.05, 3.63) is 16.9 Å². The van der Waals surface area contributed by atoms with Gasteiger partial charge in [-0.3, -0.25) is 0 Å². The van der Waals surface area contributed by atoms with Gasteiger partial charge in [0.25, 0.3) is 0 Å². The van der Waals surface area contributed by atoms with Gasteiger partial charge in [-0.25, -0.2) is 9.97 Å². The number of anilines is 1. The average molecular weight is 208 g/mol. The van der Waals surface area contributed by atoms with E-state index in [1.807, 2.05) is 26.3 Å². The molecule has 0 unspecified atom stereocenters. The van der Waals surface area contributed by atoms with Crippen molar-refractivity contribution in [2.75, 3.05) is 12.4 Å². The van der Waals surface area contributed by atoms with Crippen LogP contribution in [-0.2, 0) is 0 Å². The molecule has 0 aromatic carbocycles. The minimum Gasteiger partial charge on any atom is -0.365 e.